The Labute approximate surface area is 146 Å². The molecule has 1 aromatic carbocycles. The number of urea groups is 1. The Morgan fingerprint density at radius 3 is 2.65 bits per heavy atom. The maximum Gasteiger partial charge on any atom is 0.374 e. The molecule has 1 N–H and O–H groups in total. The Balaban J connectivity index is 1.91. The first-order chi connectivity index (χ1) is 12.3. The zero-order chi connectivity index (χ0) is 19.1. The van der Waals surface area contributed by atoms with Crippen LogP contribution < -0.4 is 5.32 Å². The predicted molar refractivity (Wildman–Crippen MR) is 82.8 cm³/mol. The fourth-order valence-corrected chi connectivity index (χ4v) is 2.75. The standard InChI is InChI=1S/C17H14F2N2O5/c1-17(10-3-4-11(18)12(19)7-10)15(23)21(16(24)20-17)8-9-5-6-26-13(9)14(22)25-2/h3-7H,8H2,1-2H3,(H,20,24). The van der Waals surface area contributed by atoms with Gasteiger partial charge in [-0.2, -0.15) is 0 Å². The minimum atomic E-state index is -1.57. The van der Waals surface area contributed by atoms with Crippen LogP contribution in [0.3, 0.4) is 0 Å². The largest absolute Gasteiger partial charge is 0.463 e. The third-order valence-corrected chi connectivity index (χ3v) is 4.22. The monoisotopic (exact) mass is 364 g/mol. The van der Waals surface area contributed by atoms with Gasteiger partial charge in [-0.25, -0.2) is 18.4 Å². The Morgan fingerprint density at radius 2 is 2.00 bits per heavy atom. The number of rotatable bonds is 4. The maximum atomic E-state index is 13.5. The van der Waals surface area contributed by atoms with Gasteiger partial charge in [-0.3, -0.25) is 9.69 Å². The van der Waals surface area contributed by atoms with Crippen LogP contribution in [0.5, 0.6) is 0 Å². The summed E-state index contributed by atoms with van der Waals surface area (Å²) in [7, 11) is 1.17. The van der Waals surface area contributed by atoms with Crippen molar-refractivity contribution in [3.05, 3.63) is 59.1 Å². The molecule has 3 rings (SSSR count). The number of carbonyl (C=O) groups excluding carboxylic acids is 3. The molecule has 0 bridgehead atoms. The first-order valence-electron chi connectivity index (χ1n) is 7.52. The van der Waals surface area contributed by atoms with Crippen LogP contribution in [0.1, 0.15) is 28.6 Å². The van der Waals surface area contributed by atoms with Gasteiger partial charge in [0.15, 0.2) is 11.6 Å². The van der Waals surface area contributed by atoms with E-state index in [1.807, 2.05) is 0 Å². The molecule has 1 fully saturated rings. The van der Waals surface area contributed by atoms with Crippen LogP contribution in [-0.4, -0.2) is 29.9 Å². The molecule has 1 atom stereocenters. The summed E-state index contributed by atoms with van der Waals surface area (Å²) in [5.41, 5.74) is -1.20. The fraction of sp³-hybridized carbons (Fsp3) is 0.235. The van der Waals surface area contributed by atoms with E-state index in [1.54, 1.807) is 0 Å². The number of hydrogen-bond donors (Lipinski definition) is 1. The average molecular weight is 364 g/mol. The van der Waals surface area contributed by atoms with Crippen molar-refractivity contribution in [3.8, 4) is 0 Å². The summed E-state index contributed by atoms with van der Waals surface area (Å²) in [6.07, 6.45) is 1.23. The normalized spacial score (nSPS) is 19.6. The number of nitrogens with one attached hydrogen (secondary N) is 1. The summed E-state index contributed by atoms with van der Waals surface area (Å²) in [5.74, 6) is -3.75. The van der Waals surface area contributed by atoms with Gasteiger partial charge in [-0.05, 0) is 30.7 Å². The van der Waals surface area contributed by atoms with Crippen LogP contribution in [0, 0.1) is 11.6 Å². The molecule has 136 valence electrons. The molecule has 7 nitrogen and oxygen atoms in total. The summed E-state index contributed by atoms with van der Waals surface area (Å²) < 4.78 is 36.3. The van der Waals surface area contributed by atoms with Gasteiger partial charge in [0, 0.05) is 5.56 Å². The Kier molecular flexibility index (Phi) is 4.23. The third-order valence-electron chi connectivity index (χ3n) is 4.22. The molecule has 0 aliphatic carbocycles. The number of halogens is 2. The van der Waals surface area contributed by atoms with Gasteiger partial charge >= 0.3 is 12.0 Å². The van der Waals surface area contributed by atoms with E-state index in [9.17, 15) is 23.2 Å². The summed E-state index contributed by atoms with van der Waals surface area (Å²) in [6.45, 7) is 1.14. The molecular formula is C17H14F2N2O5. The van der Waals surface area contributed by atoms with Crippen LogP contribution in [0.2, 0.25) is 0 Å². The highest BCUT2D eigenvalue weighted by Crippen LogP contribution is 2.31. The highest BCUT2D eigenvalue weighted by molar-refractivity contribution is 6.07. The molecule has 0 spiro atoms. The second-order valence-corrected chi connectivity index (χ2v) is 5.84. The smallest absolute Gasteiger partial charge is 0.374 e. The number of methoxy groups -OCH3 is 1. The van der Waals surface area contributed by atoms with E-state index in [1.165, 1.54) is 32.4 Å². The molecule has 26 heavy (non-hydrogen) atoms. The number of ether oxygens (including phenoxy) is 1. The van der Waals surface area contributed by atoms with Crippen molar-refractivity contribution in [1.82, 2.24) is 10.2 Å². The molecule has 9 heteroatoms. The highest BCUT2D eigenvalue weighted by Gasteiger charge is 2.49. The minimum absolute atomic E-state index is 0.0950. The van der Waals surface area contributed by atoms with Crippen LogP contribution in [0.25, 0.3) is 0 Å². The van der Waals surface area contributed by atoms with Crippen molar-refractivity contribution in [2.45, 2.75) is 19.0 Å². The molecule has 2 heterocycles. The van der Waals surface area contributed by atoms with Crippen molar-refractivity contribution < 1.29 is 32.3 Å². The van der Waals surface area contributed by atoms with Crippen molar-refractivity contribution >= 4 is 17.9 Å². The fourth-order valence-electron chi connectivity index (χ4n) is 2.75. The van der Waals surface area contributed by atoms with Crippen molar-refractivity contribution in [1.29, 1.82) is 0 Å². The first kappa shape index (κ1) is 17.6. The summed E-state index contributed by atoms with van der Waals surface area (Å²) in [5, 5.41) is 2.47. The third kappa shape index (κ3) is 2.71. The van der Waals surface area contributed by atoms with E-state index < -0.39 is 35.1 Å². The van der Waals surface area contributed by atoms with Crippen LogP contribution in [-0.2, 0) is 21.6 Å². The van der Waals surface area contributed by atoms with Crippen molar-refractivity contribution in [2.24, 2.45) is 0 Å². The van der Waals surface area contributed by atoms with Gasteiger partial charge in [0.25, 0.3) is 5.91 Å². The first-order valence-corrected chi connectivity index (χ1v) is 7.52. The number of esters is 1. The number of hydrogen-bond acceptors (Lipinski definition) is 5. The molecule has 1 saturated heterocycles. The van der Waals surface area contributed by atoms with Gasteiger partial charge in [0.1, 0.15) is 5.54 Å². The summed E-state index contributed by atoms with van der Waals surface area (Å²) in [4.78, 5) is 37.6. The average Bonchev–Trinajstić information content (AvgIpc) is 3.16. The number of furan rings is 1. The molecule has 1 aliphatic heterocycles. The van der Waals surface area contributed by atoms with Crippen LogP contribution >= 0.6 is 0 Å². The molecule has 0 radical (unpaired) electrons. The van der Waals surface area contributed by atoms with Gasteiger partial charge in [-0.1, -0.05) is 6.07 Å². The molecule has 1 aromatic heterocycles. The zero-order valence-electron chi connectivity index (χ0n) is 13.8. The van der Waals surface area contributed by atoms with Crippen molar-refractivity contribution in [2.75, 3.05) is 7.11 Å². The molecule has 3 amide bonds. The molecule has 2 aromatic rings. The van der Waals surface area contributed by atoms with E-state index in [-0.39, 0.29) is 23.4 Å². The lowest BCUT2D eigenvalue weighted by molar-refractivity contribution is -0.131. The lowest BCUT2D eigenvalue weighted by Crippen LogP contribution is -2.41. The maximum absolute atomic E-state index is 13.5. The molecule has 1 aliphatic rings. The van der Waals surface area contributed by atoms with E-state index in [0.29, 0.717) is 0 Å². The number of imide groups is 1. The number of benzene rings is 1. The Bertz CT molecular complexity index is 910. The SMILES string of the molecule is COC(=O)c1occc1CN1C(=O)NC(C)(c2ccc(F)c(F)c2)C1=O. The van der Waals surface area contributed by atoms with E-state index in [4.69, 9.17) is 4.42 Å². The Morgan fingerprint density at radius 1 is 1.27 bits per heavy atom. The van der Waals surface area contributed by atoms with Gasteiger partial charge in [-0.15, -0.1) is 0 Å². The van der Waals surface area contributed by atoms with Crippen molar-refractivity contribution in [3.63, 3.8) is 0 Å². The molecule has 0 saturated carbocycles. The topological polar surface area (TPSA) is 88.8 Å². The number of carbonyl (C=O) groups is 3. The second-order valence-electron chi connectivity index (χ2n) is 5.84. The van der Waals surface area contributed by atoms with Gasteiger partial charge in [0.05, 0.1) is 19.9 Å². The molecule has 1 unspecified atom stereocenters. The van der Waals surface area contributed by atoms with Gasteiger partial charge in [0.2, 0.25) is 5.76 Å². The predicted octanol–water partition coefficient (Wildman–Crippen LogP) is 2.31. The quantitative estimate of drug-likeness (QED) is 0.664. The molecular weight excluding hydrogens is 350 g/mol. The van der Waals surface area contributed by atoms with E-state index in [0.717, 1.165) is 17.0 Å². The van der Waals surface area contributed by atoms with Gasteiger partial charge < -0.3 is 14.5 Å². The second kappa shape index (κ2) is 6.25. The number of amides is 3. The van der Waals surface area contributed by atoms with E-state index in [2.05, 4.69) is 10.1 Å². The lowest BCUT2D eigenvalue weighted by Gasteiger charge is -2.22. The summed E-state index contributed by atoms with van der Waals surface area (Å²) >= 11 is 0. The zero-order valence-corrected chi connectivity index (χ0v) is 13.8. The minimum Gasteiger partial charge on any atom is -0.463 e. The van der Waals surface area contributed by atoms with Crippen LogP contribution in [0.15, 0.2) is 34.9 Å². The van der Waals surface area contributed by atoms with E-state index >= 15 is 0 Å². The summed E-state index contributed by atoms with van der Waals surface area (Å²) in [6, 6.07) is 3.65. The highest BCUT2D eigenvalue weighted by atomic mass is 19.2. The van der Waals surface area contributed by atoms with Crippen LogP contribution in [0.4, 0.5) is 13.6 Å². The lowest BCUT2D eigenvalue weighted by atomic mass is 9.92. The number of nitrogens with zero attached hydrogens (tertiary/aromatic N) is 1. The Hall–Kier alpha value is -3.23.